The minimum Gasteiger partial charge on any atom is -0.372 e. The van der Waals surface area contributed by atoms with Gasteiger partial charge in [-0.1, -0.05) is 0 Å². The van der Waals surface area contributed by atoms with E-state index in [9.17, 15) is 0 Å². The monoisotopic (exact) mass is 436 g/mol. The summed E-state index contributed by atoms with van der Waals surface area (Å²) in [5.41, 5.74) is 8.27. The van der Waals surface area contributed by atoms with Gasteiger partial charge < -0.3 is 14.5 Å². The molecule has 9 nitrogen and oxygen atoms in total. The zero-order valence-corrected chi connectivity index (χ0v) is 18.7. The van der Waals surface area contributed by atoms with E-state index in [4.69, 9.17) is 4.74 Å². The molecule has 0 amide bonds. The second-order valence-corrected chi connectivity index (χ2v) is 9.86. The molecule has 6 rings (SSSR count). The Morgan fingerprint density at radius 2 is 1.75 bits per heavy atom. The molecular weight excluding hydrogens is 404 g/mol. The van der Waals surface area contributed by atoms with Gasteiger partial charge in [0.05, 0.1) is 23.4 Å². The summed E-state index contributed by atoms with van der Waals surface area (Å²) in [7, 11) is 0. The number of anilines is 2. The fourth-order valence-corrected chi connectivity index (χ4v) is 5.41. The number of hydrogen-bond acceptors (Lipinski definition) is 9. The fourth-order valence-electron chi connectivity index (χ4n) is 5.41. The Kier molecular flexibility index (Phi) is 5.20. The van der Waals surface area contributed by atoms with Crippen LogP contribution in [0.15, 0.2) is 30.9 Å². The molecule has 2 aliphatic carbocycles. The average molecular weight is 437 g/mol. The van der Waals surface area contributed by atoms with Gasteiger partial charge in [0.15, 0.2) is 0 Å². The highest BCUT2D eigenvalue weighted by Crippen LogP contribution is 2.45. The highest BCUT2D eigenvalue weighted by atomic mass is 16.5. The lowest BCUT2D eigenvalue weighted by atomic mass is 9.79. The summed E-state index contributed by atoms with van der Waals surface area (Å²) < 4.78 is 6.44. The lowest BCUT2D eigenvalue weighted by Crippen LogP contribution is -2.47. The molecule has 170 valence electrons. The molecule has 4 heterocycles. The maximum Gasteiger partial charge on any atom is 0.225 e. The molecule has 2 saturated heterocycles. The number of piperazine rings is 1. The van der Waals surface area contributed by atoms with Crippen LogP contribution in [0.25, 0.3) is 0 Å². The molecule has 4 aliphatic rings. The van der Waals surface area contributed by atoms with Crippen molar-refractivity contribution in [2.45, 2.75) is 62.8 Å². The number of nitrogens with zero attached hydrogens (tertiary/aromatic N) is 6. The first-order chi connectivity index (χ1) is 15.7. The van der Waals surface area contributed by atoms with E-state index in [0.29, 0.717) is 18.1 Å². The third kappa shape index (κ3) is 4.04. The number of hydrogen-bond donors (Lipinski definition) is 2. The molecule has 4 unspecified atom stereocenters. The molecule has 4 atom stereocenters. The summed E-state index contributed by atoms with van der Waals surface area (Å²) in [6.45, 7) is 5.81. The first-order valence-electron chi connectivity index (χ1n) is 11.9. The van der Waals surface area contributed by atoms with E-state index < -0.39 is 0 Å². The molecular formula is C23H32N8O. The third-order valence-electron chi connectivity index (χ3n) is 7.54. The summed E-state index contributed by atoms with van der Waals surface area (Å²) in [5.74, 6) is 2.30. The Bertz CT molecular complexity index is 931. The summed E-state index contributed by atoms with van der Waals surface area (Å²) in [6, 6.07) is 4.70. The Morgan fingerprint density at radius 1 is 0.969 bits per heavy atom. The zero-order valence-electron chi connectivity index (χ0n) is 18.7. The molecule has 2 aliphatic heterocycles. The van der Waals surface area contributed by atoms with Gasteiger partial charge in [-0.3, -0.25) is 5.43 Å². The van der Waals surface area contributed by atoms with Crippen molar-refractivity contribution >= 4 is 11.8 Å². The summed E-state index contributed by atoms with van der Waals surface area (Å²) in [4.78, 5) is 22.6. The lowest BCUT2D eigenvalue weighted by molar-refractivity contribution is -0.0500. The Morgan fingerprint density at radius 3 is 2.53 bits per heavy atom. The van der Waals surface area contributed by atoms with Crippen molar-refractivity contribution < 1.29 is 4.74 Å². The highest BCUT2D eigenvalue weighted by Gasteiger charge is 2.46. The predicted octanol–water partition coefficient (Wildman–Crippen LogP) is 1.85. The summed E-state index contributed by atoms with van der Waals surface area (Å²) in [6.07, 6.45) is 11.5. The maximum absolute atomic E-state index is 6.44. The molecule has 4 fully saturated rings. The average Bonchev–Trinajstić information content (AvgIpc) is 3.42. The van der Waals surface area contributed by atoms with E-state index in [2.05, 4.69) is 53.6 Å². The van der Waals surface area contributed by atoms with Crippen molar-refractivity contribution in [3.05, 3.63) is 36.5 Å². The van der Waals surface area contributed by atoms with Gasteiger partial charge in [-0.2, -0.15) is 0 Å². The van der Waals surface area contributed by atoms with Crippen LogP contribution in [-0.4, -0.2) is 63.9 Å². The smallest absolute Gasteiger partial charge is 0.225 e. The van der Waals surface area contributed by atoms with Crippen LogP contribution in [0.4, 0.5) is 11.8 Å². The Balaban J connectivity index is 1.12. The number of rotatable bonds is 5. The molecule has 0 bridgehead atoms. The summed E-state index contributed by atoms with van der Waals surface area (Å²) >= 11 is 0. The van der Waals surface area contributed by atoms with Gasteiger partial charge in [0.1, 0.15) is 12.1 Å². The molecule has 2 saturated carbocycles. The van der Waals surface area contributed by atoms with Crippen molar-refractivity contribution in [3.8, 4) is 0 Å². The molecule has 32 heavy (non-hydrogen) atoms. The topological polar surface area (TPSA) is 91.3 Å². The van der Waals surface area contributed by atoms with Gasteiger partial charge in [-0.25, -0.2) is 25.4 Å². The highest BCUT2D eigenvalue weighted by molar-refractivity contribution is 5.43. The van der Waals surface area contributed by atoms with E-state index in [1.54, 1.807) is 18.7 Å². The van der Waals surface area contributed by atoms with Gasteiger partial charge in [-0.15, -0.1) is 0 Å². The Hall–Kier alpha value is -2.36. The number of hydrazine groups is 1. The van der Waals surface area contributed by atoms with Crippen LogP contribution in [0.5, 0.6) is 0 Å². The van der Waals surface area contributed by atoms with Crippen molar-refractivity contribution in [2.24, 2.45) is 5.92 Å². The molecule has 2 aromatic rings. The standard InChI is InChI=1S/C23H32N8O/c1-23(5-6-23)32-16-3-4-18-17(13-16)21(29-28-18)19-14-20(27-15-26-19)30-9-11-31(12-10-30)22-24-7-2-8-25-22/h2,7-8,14-18,21,28-29H,3-6,9-13H2,1H3. The normalized spacial score (nSPS) is 31.4. The molecule has 2 aromatic heterocycles. The van der Waals surface area contributed by atoms with Crippen LogP contribution >= 0.6 is 0 Å². The van der Waals surface area contributed by atoms with Crippen LogP contribution in [0.3, 0.4) is 0 Å². The minimum atomic E-state index is 0.140. The second-order valence-electron chi connectivity index (χ2n) is 9.86. The third-order valence-corrected chi connectivity index (χ3v) is 7.54. The molecule has 0 spiro atoms. The Labute approximate surface area is 189 Å². The predicted molar refractivity (Wildman–Crippen MR) is 121 cm³/mol. The largest absolute Gasteiger partial charge is 0.372 e. The van der Waals surface area contributed by atoms with Gasteiger partial charge in [0, 0.05) is 56.6 Å². The number of nitrogens with one attached hydrogen (secondary N) is 2. The van der Waals surface area contributed by atoms with Crippen molar-refractivity contribution in [1.82, 2.24) is 30.8 Å². The zero-order chi connectivity index (χ0) is 21.5. The van der Waals surface area contributed by atoms with Crippen LogP contribution in [0, 0.1) is 5.92 Å². The van der Waals surface area contributed by atoms with Gasteiger partial charge in [0.25, 0.3) is 0 Å². The van der Waals surface area contributed by atoms with E-state index in [1.165, 1.54) is 12.8 Å². The fraction of sp³-hybridized carbons (Fsp3) is 0.652. The van der Waals surface area contributed by atoms with Crippen molar-refractivity contribution in [3.63, 3.8) is 0 Å². The first kappa shape index (κ1) is 20.3. The quantitative estimate of drug-likeness (QED) is 0.728. The van der Waals surface area contributed by atoms with E-state index in [1.807, 2.05) is 6.07 Å². The lowest BCUT2D eigenvalue weighted by Gasteiger charge is -2.36. The summed E-state index contributed by atoms with van der Waals surface area (Å²) in [5, 5.41) is 0. The van der Waals surface area contributed by atoms with Crippen molar-refractivity contribution in [2.75, 3.05) is 36.0 Å². The van der Waals surface area contributed by atoms with Gasteiger partial charge in [-0.05, 0) is 45.1 Å². The molecule has 2 N–H and O–H groups in total. The SMILES string of the molecule is CC1(OC2CCC3NNC(c4cc(N5CCN(c6ncccn6)CC5)ncn4)C3C2)CC1. The number of ether oxygens (including phenoxy) is 1. The van der Waals surface area contributed by atoms with Crippen LogP contribution < -0.4 is 20.7 Å². The first-order valence-corrected chi connectivity index (χ1v) is 11.9. The van der Waals surface area contributed by atoms with Gasteiger partial charge >= 0.3 is 0 Å². The molecule has 9 heteroatoms. The van der Waals surface area contributed by atoms with Crippen molar-refractivity contribution in [1.29, 1.82) is 0 Å². The van der Waals surface area contributed by atoms with E-state index in [-0.39, 0.29) is 11.6 Å². The van der Waals surface area contributed by atoms with Gasteiger partial charge in [0.2, 0.25) is 5.95 Å². The molecule has 0 radical (unpaired) electrons. The van der Waals surface area contributed by atoms with E-state index >= 15 is 0 Å². The van der Waals surface area contributed by atoms with Crippen LogP contribution in [0.1, 0.15) is 50.8 Å². The number of fused-ring (bicyclic) bond motifs is 1. The maximum atomic E-state index is 6.44. The van der Waals surface area contributed by atoms with Crippen LogP contribution in [0.2, 0.25) is 0 Å². The number of aromatic nitrogens is 4. The van der Waals surface area contributed by atoms with Crippen LogP contribution in [-0.2, 0) is 4.74 Å². The molecule has 0 aromatic carbocycles. The minimum absolute atomic E-state index is 0.140. The second kappa shape index (κ2) is 8.20. The van der Waals surface area contributed by atoms with E-state index in [0.717, 1.165) is 62.9 Å².